The Labute approximate surface area is 198 Å². The zero-order valence-electron chi connectivity index (χ0n) is 18.5. The molecule has 3 aromatic carbocycles. The molecule has 0 bridgehead atoms. The molecule has 35 heavy (non-hydrogen) atoms. The molecular weight excluding hydrogens is 428 g/mol. The number of nitrogens with zero attached hydrogens (tertiary/aromatic N) is 4. The third-order valence-electron chi connectivity index (χ3n) is 8.90. The molecule has 7 aromatic rings. The molecule has 0 unspecified atom stereocenters. The maximum Gasteiger partial charge on any atom is 0.772 e. The summed E-state index contributed by atoms with van der Waals surface area (Å²) >= 11 is 0. The number of aromatic nitrogens is 4. The van der Waals surface area contributed by atoms with Crippen LogP contribution in [0.25, 0.3) is 77.5 Å². The van der Waals surface area contributed by atoms with E-state index in [0.717, 1.165) is 0 Å². The molecule has 11 rings (SSSR count). The minimum atomic E-state index is -0.556. The van der Waals surface area contributed by atoms with Gasteiger partial charge in [-0.15, -0.1) is 0 Å². The van der Waals surface area contributed by atoms with Crippen LogP contribution in [0.3, 0.4) is 0 Å². The van der Waals surface area contributed by atoms with Crippen LogP contribution in [-0.4, -0.2) is 0 Å². The van der Waals surface area contributed by atoms with E-state index in [4.69, 9.17) is 0 Å². The lowest BCUT2D eigenvalue weighted by Gasteiger charge is -2.18. The Morgan fingerprint density at radius 3 is 1.20 bits per heavy atom. The van der Waals surface area contributed by atoms with E-state index in [1.807, 2.05) is 0 Å². The molecule has 8 heterocycles. The molecule has 0 N–H and O–H groups in total. The van der Waals surface area contributed by atoms with Gasteiger partial charge in [-0.2, -0.15) is 0 Å². The van der Waals surface area contributed by atoms with E-state index in [1.54, 1.807) is 0 Å². The highest BCUT2D eigenvalue weighted by molar-refractivity contribution is 6.02. The highest BCUT2D eigenvalue weighted by Crippen LogP contribution is 2.43. The van der Waals surface area contributed by atoms with Crippen LogP contribution in [0.15, 0.2) is 97.1 Å². The predicted molar refractivity (Wildman–Crippen MR) is 131 cm³/mol. The van der Waals surface area contributed by atoms with Crippen molar-refractivity contribution < 1.29 is 18.3 Å². The van der Waals surface area contributed by atoms with E-state index in [9.17, 15) is 0 Å². The normalized spacial score (nSPS) is 15.7. The van der Waals surface area contributed by atoms with E-state index in [2.05, 4.69) is 115 Å². The molecule has 0 aliphatic carbocycles. The maximum absolute atomic E-state index is 2.63. The monoisotopic (exact) mass is 444 g/mol. The first-order valence-corrected chi connectivity index (χ1v) is 12.2. The second-order valence-corrected chi connectivity index (χ2v) is 10.2. The Bertz CT molecular complexity index is 2120. The van der Waals surface area contributed by atoms with Crippen LogP contribution in [0.1, 0.15) is 0 Å². The molecule has 4 heteroatoms. The summed E-state index contributed by atoms with van der Waals surface area (Å²) in [7, 11) is 0. The average molecular weight is 444 g/mol. The van der Waals surface area contributed by atoms with Gasteiger partial charge in [0.05, 0.1) is 10.8 Å². The molecule has 0 radical (unpaired) electrons. The molecule has 0 fully saturated rings. The minimum absolute atomic E-state index is 0.556. The smallest absolute Gasteiger partial charge is 0.0603 e. The molecule has 4 nitrogen and oxygen atoms in total. The Kier molecular flexibility index (Phi) is 2.11. The van der Waals surface area contributed by atoms with Crippen LogP contribution in [0.2, 0.25) is 0 Å². The van der Waals surface area contributed by atoms with E-state index in [1.165, 1.54) is 77.5 Å². The Hall–Kier alpha value is -4.70. The van der Waals surface area contributed by atoms with Gasteiger partial charge in [0.1, 0.15) is 11.1 Å². The zero-order valence-corrected chi connectivity index (χ0v) is 18.5. The molecule has 4 aliphatic heterocycles. The van der Waals surface area contributed by atoms with Crippen molar-refractivity contribution in [2.45, 2.75) is 5.91 Å². The van der Waals surface area contributed by atoms with Crippen LogP contribution < -0.4 is 18.3 Å². The third-order valence-corrected chi connectivity index (χ3v) is 8.90. The van der Waals surface area contributed by atoms with E-state index < -0.39 is 5.91 Å². The Morgan fingerprint density at radius 1 is 0.343 bits per heavy atom. The van der Waals surface area contributed by atoms with Crippen molar-refractivity contribution in [2.75, 3.05) is 0 Å². The quantitative estimate of drug-likeness (QED) is 0.249. The topological polar surface area (TPSA) is 15.5 Å². The van der Waals surface area contributed by atoms with Crippen LogP contribution in [0.5, 0.6) is 0 Å². The van der Waals surface area contributed by atoms with Crippen molar-refractivity contribution in [1.82, 2.24) is 0 Å². The highest BCUT2D eigenvalue weighted by atomic mass is 15.6. The first-order valence-electron chi connectivity index (χ1n) is 12.2. The van der Waals surface area contributed by atoms with Crippen molar-refractivity contribution in [1.29, 1.82) is 0 Å². The predicted octanol–water partition coefficient (Wildman–Crippen LogP) is 3.92. The summed E-state index contributed by atoms with van der Waals surface area (Å²) in [6.45, 7) is 0. The van der Waals surface area contributed by atoms with Gasteiger partial charge in [-0.1, -0.05) is 12.1 Å². The SMILES string of the molecule is c1cc2c3c(c1)ccc1[n+]3C34[n+]5c-1ccc1cccc(c15)-c1ccc5ccc6ccc-2[n+]3c6c5[n+]14. The molecule has 0 atom stereocenters. The number of fused-ring (bicyclic) bond motifs is 3. The van der Waals surface area contributed by atoms with Crippen molar-refractivity contribution in [3.63, 3.8) is 0 Å². The van der Waals surface area contributed by atoms with E-state index in [0.29, 0.717) is 0 Å². The van der Waals surface area contributed by atoms with Gasteiger partial charge >= 0.3 is 16.9 Å². The fourth-order valence-electron chi connectivity index (χ4n) is 7.78. The maximum atomic E-state index is 2.63. The number of rotatable bonds is 0. The van der Waals surface area contributed by atoms with Gasteiger partial charge < -0.3 is 0 Å². The number of hydrogen-bond acceptors (Lipinski definition) is 0. The lowest BCUT2D eigenvalue weighted by Crippen LogP contribution is -2.96. The zero-order chi connectivity index (χ0) is 22.2. The molecule has 1 spiro atoms. The summed E-state index contributed by atoms with van der Waals surface area (Å²) in [5.74, 6) is -0.556. The van der Waals surface area contributed by atoms with Crippen molar-refractivity contribution in [3.05, 3.63) is 97.1 Å². The van der Waals surface area contributed by atoms with Gasteiger partial charge in [0.25, 0.3) is 11.4 Å². The summed E-state index contributed by atoms with van der Waals surface area (Å²) in [6, 6.07) is 36.6. The van der Waals surface area contributed by atoms with Crippen molar-refractivity contribution in [3.8, 4) is 33.9 Å². The van der Waals surface area contributed by atoms with Crippen molar-refractivity contribution in [2.24, 2.45) is 0 Å². The highest BCUT2D eigenvalue weighted by Gasteiger charge is 2.86. The van der Waals surface area contributed by atoms with E-state index >= 15 is 0 Å². The van der Waals surface area contributed by atoms with Gasteiger partial charge in [-0.05, 0) is 60.7 Å². The third kappa shape index (κ3) is 1.33. The second kappa shape index (κ2) is 4.62. The Morgan fingerprint density at radius 2 is 0.714 bits per heavy atom. The molecule has 0 saturated heterocycles. The summed E-state index contributed by atoms with van der Waals surface area (Å²) in [5.41, 5.74) is 12.9. The lowest BCUT2D eigenvalue weighted by molar-refractivity contribution is -1.28. The number of hydrogen-bond donors (Lipinski definition) is 0. The van der Waals surface area contributed by atoms with Crippen LogP contribution >= 0.6 is 0 Å². The summed E-state index contributed by atoms with van der Waals surface area (Å²) in [4.78, 5) is 0. The molecule has 0 amide bonds. The molecule has 0 saturated carbocycles. The molecule has 4 aliphatic rings. The summed E-state index contributed by atoms with van der Waals surface area (Å²) in [5, 5.41) is 5.12. The van der Waals surface area contributed by atoms with Crippen LogP contribution in [0.4, 0.5) is 0 Å². The number of benzene rings is 3. The molecular formula is C31H16N4+4. The van der Waals surface area contributed by atoms with Crippen LogP contribution in [0, 0.1) is 0 Å². The van der Waals surface area contributed by atoms with Gasteiger partial charge in [0, 0.05) is 53.3 Å². The van der Waals surface area contributed by atoms with Gasteiger partial charge in [0.2, 0.25) is 22.4 Å². The van der Waals surface area contributed by atoms with Gasteiger partial charge in [0.15, 0.2) is 0 Å². The average Bonchev–Trinajstić information content (AvgIpc) is 3.41. The van der Waals surface area contributed by atoms with Crippen LogP contribution in [-0.2, 0) is 5.91 Å². The lowest BCUT2D eigenvalue weighted by atomic mass is 10.0. The summed E-state index contributed by atoms with van der Waals surface area (Å²) < 4.78 is 10.5. The molecule has 156 valence electrons. The summed E-state index contributed by atoms with van der Waals surface area (Å²) in [6.07, 6.45) is 0. The van der Waals surface area contributed by atoms with Gasteiger partial charge in [-0.3, -0.25) is 0 Å². The first-order chi connectivity index (χ1) is 17.4. The largest absolute Gasteiger partial charge is 0.772 e. The van der Waals surface area contributed by atoms with Gasteiger partial charge in [-0.25, -0.2) is 0 Å². The standard InChI is InChI=1S/C31H16N4/c1-3-17-11-15-25-26-16-12-18-4-2-6-22-24-14-10-20-8-7-19-9-13-23-21(5-1)27(17)34(25)31(35(26)28(18)22)32(23)29(19)30(20)33(24)31/h1-16H/q+4. The van der Waals surface area contributed by atoms with E-state index in [-0.39, 0.29) is 0 Å². The Balaban J connectivity index is 1.61. The van der Waals surface area contributed by atoms with Crippen molar-refractivity contribution >= 4 is 43.6 Å². The fraction of sp³-hybridized carbons (Fsp3) is 0.0323. The number of para-hydroxylation sites is 2. The fourth-order valence-corrected chi connectivity index (χ4v) is 7.78. The number of pyridine rings is 4. The minimum Gasteiger partial charge on any atom is -0.0603 e. The second-order valence-electron chi connectivity index (χ2n) is 10.2. The first kappa shape index (κ1) is 16.0. The molecule has 4 aromatic heterocycles.